The van der Waals surface area contributed by atoms with Crippen LogP contribution in [0, 0.1) is 5.92 Å². The van der Waals surface area contributed by atoms with Gasteiger partial charge in [-0.1, -0.05) is 0 Å². The highest BCUT2D eigenvalue weighted by molar-refractivity contribution is 4.93. The Kier molecular flexibility index (Phi) is 1.87. The number of rotatable bonds is 1. The van der Waals surface area contributed by atoms with Crippen LogP contribution in [-0.2, 0) is 9.47 Å². The van der Waals surface area contributed by atoms with Gasteiger partial charge >= 0.3 is 0 Å². The zero-order valence-corrected chi connectivity index (χ0v) is 6.69. The maximum Gasteiger partial charge on any atom is 0.0827 e. The average Bonchev–Trinajstić information content (AvgIpc) is 2.53. The molecule has 1 saturated carbocycles. The van der Waals surface area contributed by atoms with Gasteiger partial charge in [0.25, 0.3) is 0 Å². The van der Waals surface area contributed by atoms with Crippen LogP contribution in [-0.4, -0.2) is 37.1 Å². The van der Waals surface area contributed by atoms with Crippen LogP contribution < -0.4 is 0 Å². The van der Waals surface area contributed by atoms with Gasteiger partial charge in [0.2, 0.25) is 0 Å². The third kappa shape index (κ3) is 1.17. The van der Waals surface area contributed by atoms with Gasteiger partial charge in [0, 0.05) is 19.4 Å². The number of ether oxygens (including phenoxy) is 2. The standard InChI is InChI=1S/C8H14O3/c1-10-5-2-6-7(9)4-11-8(6)3-5/h5-9H,2-4H2,1H3/t5-,6-,7+,8-/m1/s1. The maximum absolute atomic E-state index is 9.43. The van der Waals surface area contributed by atoms with Crippen LogP contribution in [0.25, 0.3) is 0 Å². The first kappa shape index (κ1) is 7.53. The third-order valence-corrected chi connectivity index (χ3v) is 2.82. The van der Waals surface area contributed by atoms with Crippen molar-refractivity contribution in [3.05, 3.63) is 0 Å². The molecule has 0 aromatic heterocycles. The van der Waals surface area contributed by atoms with Crippen molar-refractivity contribution in [3.63, 3.8) is 0 Å². The van der Waals surface area contributed by atoms with Crippen molar-refractivity contribution in [1.29, 1.82) is 0 Å². The van der Waals surface area contributed by atoms with Crippen LogP contribution in [0.4, 0.5) is 0 Å². The molecular weight excluding hydrogens is 144 g/mol. The Balaban J connectivity index is 1.98. The van der Waals surface area contributed by atoms with Crippen molar-refractivity contribution in [1.82, 2.24) is 0 Å². The number of aliphatic hydroxyl groups is 1. The van der Waals surface area contributed by atoms with E-state index in [1.807, 2.05) is 0 Å². The first-order valence-electron chi connectivity index (χ1n) is 4.13. The summed E-state index contributed by atoms with van der Waals surface area (Å²) in [7, 11) is 1.72. The summed E-state index contributed by atoms with van der Waals surface area (Å²) >= 11 is 0. The first-order chi connectivity index (χ1) is 5.31. The molecule has 0 bridgehead atoms. The third-order valence-electron chi connectivity index (χ3n) is 2.82. The van der Waals surface area contributed by atoms with E-state index in [9.17, 15) is 5.11 Å². The molecule has 0 aromatic rings. The molecule has 1 heterocycles. The highest BCUT2D eigenvalue weighted by Gasteiger charge is 2.43. The molecule has 1 aliphatic heterocycles. The van der Waals surface area contributed by atoms with E-state index in [0.29, 0.717) is 18.6 Å². The van der Waals surface area contributed by atoms with Crippen molar-refractivity contribution in [2.24, 2.45) is 5.92 Å². The summed E-state index contributed by atoms with van der Waals surface area (Å²) in [6.45, 7) is 0.520. The van der Waals surface area contributed by atoms with Gasteiger partial charge < -0.3 is 14.6 Å². The molecule has 1 saturated heterocycles. The van der Waals surface area contributed by atoms with Crippen molar-refractivity contribution < 1.29 is 14.6 Å². The van der Waals surface area contributed by atoms with Crippen LogP contribution >= 0.6 is 0 Å². The van der Waals surface area contributed by atoms with E-state index in [1.54, 1.807) is 7.11 Å². The molecule has 1 aliphatic carbocycles. The molecule has 3 heteroatoms. The quantitative estimate of drug-likeness (QED) is 0.591. The van der Waals surface area contributed by atoms with Crippen molar-refractivity contribution in [2.75, 3.05) is 13.7 Å². The van der Waals surface area contributed by atoms with E-state index >= 15 is 0 Å². The summed E-state index contributed by atoms with van der Waals surface area (Å²) in [5.74, 6) is 0.333. The predicted octanol–water partition coefficient (Wildman–Crippen LogP) is 0.171. The number of methoxy groups -OCH3 is 1. The molecule has 0 radical (unpaired) electrons. The van der Waals surface area contributed by atoms with E-state index in [1.165, 1.54) is 0 Å². The van der Waals surface area contributed by atoms with Crippen molar-refractivity contribution >= 4 is 0 Å². The van der Waals surface area contributed by atoms with E-state index in [0.717, 1.165) is 12.8 Å². The molecule has 3 nitrogen and oxygen atoms in total. The molecule has 2 fully saturated rings. The Labute approximate surface area is 66.3 Å². The SMILES string of the molecule is CO[C@@H]1C[C@@H]2[C@@H](O)CO[C@@H]2C1. The Hall–Kier alpha value is -0.120. The minimum absolute atomic E-state index is 0.250. The lowest BCUT2D eigenvalue weighted by atomic mass is 10.0. The Morgan fingerprint density at radius 1 is 1.45 bits per heavy atom. The van der Waals surface area contributed by atoms with Gasteiger partial charge in [-0.05, 0) is 6.42 Å². The van der Waals surface area contributed by atoms with Crippen LogP contribution in [0.5, 0.6) is 0 Å². The van der Waals surface area contributed by atoms with Crippen molar-refractivity contribution in [2.45, 2.75) is 31.2 Å². The van der Waals surface area contributed by atoms with Gasteiger partial charge in [-0.3, -0.25) is 0 Å². The second-order valence-corrected chi connectivity index (χ2v) is 3.43. The predicted molar refractivity (Wildman–Crippen MR) is 39.3 cm³/mol. The van der Waals surface area contributed by atoms with Gasteiger partial charge in [-0.15, -0.1) is 0 Å². The van der Waals surface area contributed by atoms with Crippen LogP contribution in [0.3, 0.4) is 0 Å². The fraction of sp³-hybridized carbons (Fsp3) is 1.00. The lowest BCUT2D eigenvalue weighted by molar-refractivity contribution is 0.0433. The first-order valence-corrected chi connectivity index (χ1v) is 4.13. The van der Waals surface area contributed by atoms with E-state index in [-0.39, 0.29) is 12.2 Å². The van der Waals surface area contributed by atoms with Crippen LogP contribution in [0.1, 0.15) is 12.8 Å². The Morgan fingerprint density at radius 2 is 2.27 bits per heavy atom. The van der Waals surface area contributed by atoms with E-state index in [2.05, 4.69) is 0 Å². The summed E-state index contributed by atoms with van der Waals surface area (Å²) in [6.07, 6.45) is 2.23. The molecule has 2 rings (SSSR count). The number of hydrogen-bond acceptors (Lipinski definition) is 3. The second-order valence-electron chi connectivity index (χ2n) is 3.43. The summed E-state index contributed by atoms with van der Waals surface area (Å²) in [5, 5.41) is 9.43. The molecule has 64 valence electrons. The molecule has 2 aliphatic rings. The zero-order chi connectivity index (χ0) is 7.84. The molecular formula is C8H14O3. The minimum Gasteiger partial charge on any atom is -0.390 e. The van der Waals surface area contributed by atoms with Gasteiger partial charge in [-0.25, -0.2) is 0 Å². The van der Waals surface area contributed by atoms with E-state index < -0.39 is 0 Å². The largest absolute Gasteiger partial charge is 0.390 e. The van der Waals surface area contributed by atoms with Gasteiger partial charge in [0.1, 0.15) is 0 Å². The lowest BCUT2D eigenvalue weighted by Gasteiger charge is -2.10. The van der Waals surface area contributed by atoms with Gasteiger partial charge in [0.15, 0.2) is 0 Å². The molecule has 11 heavy (non-hydrogen) atoms. The highest BCUT2D eigenvalue weighted by Crippen LogP contribution is 2.37. The second kappa shape index (κ2) is 2.73. The summed E-state index contributed by atoms with van der Waals surface area (Å²) in [5.41, 5.74) is 0. The molecule has 1 N–H and O–H groups in total. The molecule has 0 spiro atoms. The number of hydrogen-bond donors (Lipinski definition) is 1. The van der Waals surface area contributed by atoms with Crippen molar-refractivity contribution in [3.8, 4) is 0 Å². The van der Waals surface area contributed by atoms with Crippen LogP contribution in [0.2, 0.25) is 0 Å². The number of aliphatic hydroxyl groups excluding tert-OH is 1. The molecule has 4 atom stereocenters. The smallest absolute Gasteiger partial charge is 0.0827 e. The summed E-state index contributed by atoms with van der Waals surface area (Å²) in [6, 6.07) is 0. The number of fused-ring (bicyclic) bond motifs is 1. The monoisotopic (exact) mass is 158 g/mol. The Morgan fingerprint density at radius 3 is 2.91 bits per heavy atom. The topological polar surface area (TPSA) is 38.7 Å². The average molecular weight is 158 g/mol. The van der Waals surface area contributed by atoms with Crippen LogP contribution in [0.15, 0.2) is 0 Å². The lowest BCUT2D eigenvalue weighted by Crippen LogP contribution is -2.19. The molecule has 0 amide bonds. The molecule has 0 unspecified atom stereocenters. The summed E-state index contributed by atoms with van der Waals surface area (Å²) < 4.78 is 10.6. The van der Waals surface area contributed by atoms with Gasteiger partial charge in [0.05, 0.1) is 24.9 Å². The fourth-order valence-corrected chi connectivity index (χ4v) is 2.12. The van der Waals surface area contributed by atoms with Gasteiger partial charge in [-0.2, -0.15) is 0 Å². The maximum atomic E-state index is 9.43. The minimum atomic E-state index is -0.250. The van der Waals surface area contributed by atoms with E-state index in [4.69, 9.17) is 9.47 Å². The summed E-state index contributed by atoms with van der Waals surface area (Å²) in [4.78, 5) is 0. The normalized spacial score (nSPS) is 49.6. The Bertz CT molecular complexity index is 148. The fourth-order valence-electron chi connectivity index (χ4n) is 2.12. The molecule has 0 aromatic carbocycles. The zero-order valence-electron chi connectivity index (χ0n) is 6.69. The highest BCUT2D eigenvalue weighted by atomic mass is 16.5.